The minimum Gasteiger partial charge on any atom is -0.395 e. The molecule has 8 heteroatoms. The molecular weight excluding hydrogens is 277 g/mol. The van der Waals surface area contributed by atoms with Crippen LogP contribution in [0.4, 0.5) is 23.7 Å². The predicted octanol–water partition coefficient (Wildman–Crippen LogP) is 1.52. The van der Waals surface area contributed by atoms with Crippen LogP contribution in [0.5, 0.6) is 0 Å². The normalized spacial score (nSPS) is 11.2. The Kier molecular flexibility index (Phi) is 5.78. The lowest BCUT2D eigenvalue weighted by Gasteiger charge is -2.21. The third-order valence-electron chi connectivity index (χ3n) is 2.49. The van der Waals surface area contributed by atoms with E-state index in [1.165, 1.54) is 0 Å². The second-order valence-corrected chi connectivity index (χ2v) is 3.94. The fourth-order valence-corrected chi connectivity index (χ4v) is 1.50. The highest BCUT2D eigenvalue weighted by molar-refractivity contribution is 5.89. The SMILES string of the molecule is O=C(Nc1ccc(C(F)(F)F)cc1)N(CCO)CCO. The molecule has 3 N–H and O–H groups in total. The number of aliphatic hydroxyl groups excluding tert-OH is 2. The number of carbonyl (C=O) groups excluding carboxylic acids is 1. The molecule has 0 aromatic heterocycles. The maximum absolute atomic E-state index is 12.4. The number of nitrogens with one attached hydrogen (secondary N) is 1. The van der Waals surface area contributed by atoms with Gasteiger partial charge in [-0.25, -0.2) is 4.79 Å². The second kappa shape index (κ2) is 7.11. The van der Waals surface area contributed by atoms with Crippen LogP contribution in [0.2, 0.25) is 0 Å². The van der Waals surface area contributed by atoms with Crippen LogP contribution in [0.25, 0.3) is 0 Å². The van der Waals surface area contributed by atoms with E-state index in [2.05, 4.69) is 5.32 Å². The molecule has 0 bridgehead atoms. The number of alkyl halides is 3. The van der Waals surface area contributed by atoms with Crippen molar-refractivity contribution in [3.05, 3.63) is 29.8 Å². The van der Waals surface area contributed by atoms with Gasteiger partial charge >= 0.3 is 12.2 Å². The first kappa shape index (κ1) is 16.3. The van der Waals surface area contributed by atoms with Crippen molar-refractivity contribution < 1.29 is 28.2 Å². The van der Waals surface area contributed by atoms with E-state index in [1.807, 2.05) is 0 Å². The van der Waals surface area contributed by atoms with Crippen molar-refractivity contribution >= 4 is 11.7 Å². The Bertz CT molecular complexity index is 429. The van der Waals surface area contributed by atoms with Gasteiger partial charge in [-0.05, 0) is 24.3 Å². The zero-order valence-electron chi connectivity index (χ0n) is 10.5. The summed E-state index contributed by atoms with van der Waals surface area (Å²) in [7, 11) is 0. The molecule has 0 atom stereocenters. The van der Waals surface area contributed by atoms with Gasteiger partial charge in [0.15, 0.2) is 0 Å². The summed E-state index contributed by atoms with van der Waals surface area (Å²) >= 11 is 0. The van der Waals surface area contributed by atoms with Gasteiger partial charge in [0.1, 0.15) is 0 Å². The number of rotatable bonds is 5. The maximum atomic E-state index is 12.4. The molecular formula is C12H15F3N2O3. The van der Waals surface area contributed by atoms with Crippen LogP contribution in [0.15, 0.2) is 24.3 Å². The topological polar surface area (TPSA) is 72.8 Å². The molecule has 112 valence electrons. The Labute approximate surface area is 113 Å². The van der Waals surface area contributed by atoms with Crippen molar-refractivity contribution in [2.24, 2.45) is 0 Å². The third kappa shape index (κ3) is 4.71. The van der Waals surface area contributed by atoms with Crippen LogP contribution in [-0.2, 0) is 6.18 Å². The van der Waals surface area contributed by atoms with Gasteiger partial charge in [-0.1, -0.05) is 0 Å². The Hall–Kier alpha value is -1.80. The van der Waals surface area contributed by atoms with E-state index in [0.717, 1.165) is 29.2 Å². The number of urea groups is 1. The molecule has 0 aliphatic rings. The molecule has 1 aromatic carbocycles. The number of benzene rings is 1. The fourth-order valence-electron chi connectivity index (χ4n) is 1.50. The predicted molar refractivity (Wildman–Crippen MR) is 66.2 cm³/mol. The molecule has 0 aliphatic heterocycles. The first-order valence-corrected chi connectivity index (χ1v) is 5.83. The van der Waals surface area contributed by atoms with E-state index in [9.17, 15) is 18.0 Å². The van der Waals surface area contributed by atoms with E-state index < -0.39 is 17.8 Å². The lowest BCUT2D eigenvalue weighted by Crippen LogP contribution is -2.38. The third-order valence-corrected chi connectivity index (χ3v) is 2.49. The van der Waals surface area contributed by atoms with Crippen LogP contribution in [-0.4, -0.2) is 47.4 Å². The fraction of sp³-hybridized carbons (Fsp3) is 0.417. The molecule has 1 rings (SSSR count). The van der Waals surface area contributed by atoms with Gasteiger partial charge in [-0.2, -0.15) is 13.2 Å². The average molecular weight is 292 g/mol. The summed E-state index contributed by atoms with van der Waals surface area (Å²) in [6.07, 6.45) is -4.43. The number of nitrogens with zero attached hydrogens (tertiary/aromatic N) is 1. The molecule has 0 saturated carbocycles. The smallest absolute Gasteiger partial charge is 0.395 e. The first-order valence-electron chi connectivity index (χ1n) is 5.83. The molecule has 0 radical (unpaired) electrons. The Morgan fingerprint density at radius 3 is 2.00 bits per heavy atom. The standard InChI is InChI=1S/C12H15F3N2O3/c13-12(14,15)9-1-3-10(4-2-9)16-11(20)17(5-7-18)6-8-19/h1-4,18-19H,5-8H2,(H,16,20). The van der Waals surface area contributed by atoms with E-state index in [1.54, 1.807) is 0 Å². The number of hydrogen-bond acceptors (Lipinski definition) is 3. The summed E-state index contributed by atoms with van der Waals surface area (Å²) < 4.78 is 37.1. The van der Waals surface area contributed by atoms with E-state index in [0.29, 0.717) is 0 Å². The second-order valence-electron chi connectivity index (χ2n) is 3.94. The number of amides is 2. The van der Waals surface area contributed by atoms with Gasteiger partial charge in [0.2, 0.25) is 0 Å². The van der Waals surface area contributed by atoms with Gasteiger partial charge in [0.25, 0.3) is 0 Å². The first-order chi connectivity index (χ1) is 9.38. The molecule has 20 heavy (non-hydrogen) atoms. The minimum absolute atomic E-state index is 0.0209. The van der Waals surface area contributed by atoms with Crippen molar-refractivity contribution in [2.75, 3.05) is 31.6 Å². The van der Waals surface area contributed by atoms with Crippen LogP contribution >= 0.6 is 0 Å². The summed E-state index contributed by atoms with van der Waals surface area (Å²) in [5.74, 6) is 0. The lowest BCUT2D eigenvalue weighted by atomic mass is 10.2. The van der Waals surface area contributed by atoms with Crippen molar-refractivity contribution in [1.82, 2.24) is 4.90 Å². The van der Waals surface area contributed by atoms with Crippen LogP contribution in [0.1, 0.15) is 5.56 Å². The molecule has 0 unspecified atom stereocenters. The molecule has 2 amide bonds. The maximum Gasteiger partial charge on any atom is 0.416 e. The van der Waals surface area contributed by atoms with Crippen LogP contribution < -0.4 is 5.32 Å². The molecule has 0 aliphatic carbocycles. The summed E-state index contributed by atoms with van der Waals surface area (Å²) in [5.41, 5.74) is -0.609. The van der Waals surface area contributed by atoms with E-state index in [-0.39, 0.29) is 32.0 Å². The Morgan fingerprint density at radius 2 is 1.60 bits per heavy atom. The van der Waals surface area contributed by atoms with Gasteiger partial charge in [0.05, 0.1) is 18.8 Å². The van der Waals surface area contributed by atoms with Crippen LogP contribution in [0, 0.1) is 0 Å². The largest absolute Gasteiger partial charge is 0.416 e. The molecule has 5 nitrogen and oxygen atoms in total. The minimum atomic E-state index is -4.43. The quantitative estimate of drug-likeness (QED) is 0.770. The van der Waals surface area contributed by atoms with Gasteiger partial charge in [-0.15, -0.1) is 0 Å². The van der Waals surface area contributed by atoms with E-state index >= 15 is 0 Å². The highest BCUT2D eigenvalue weighted by Gasteiger charge is 2.30. The molecule has 0 spiro atoms. The van der Waals surface area contributed by atoms with Crippen LogP contribution in [0.3, 0.4) is 0 Å². The number of carbonyl (C=O) groups is 1. The number of halogens is 3. The molecule has 0 saturated heterocycles. The zero-order chi connectivity index (χ0) is 15.2. The van der Waals surface area contributed by atoms with E-state index in [4.69, 9.17) is 10.2 Å². The Balaban J connectivity index is 2.70. The number of aliphatic hydroxyl groups is 2. The van der Waals surface area contributed by atoms with Gasteiger partial charge < -0.3 is 20.4 Å². The van der Waals surface area contributed by atoms with Gasteiger partial charge in [-0.3, -0.25) is 0 Å². The van der Waals surface area contributed by atoms with Gasteiger partial charge in [0, 0.05) is 18.8 Å². The molecule has 0 fully saturated rings. The lowest BCUT2D eigenvalue weighted by molar-refractivity contribution is -0.137. The summed E-state index contributed by atoms with van der Waals surface area (Å²) in [6, 6.07) is 3.39. The summed E-state index contributed by atoms with van der Waals surface area (Å²) in [6.45, 7) is -0.513. The zero-order valence-corrected chi connectivity index (χ0v) is 10.5. The number of anilines is 1. The molecule has 0 heterocycles. The average Bonchev–Trinajstić information content (AvgIpc) is 2.38. The highest BCUT2D eigenvalue weighted by atomic mass is 19.4. The summed E-state index contributed by atoms with van der Waals surface area (Å²) in [5, 5.41) is 19.9. The highest BCUT2D eigenvalue weighted by Crippen LogP contribution is 2.29. The number of hydrogen-bond donors (Lipinski definition) is 3. The van der Waals surface area contributed by atoms with Crippen molar-refractivity contribution in [3.63, 3.8) is 0 Å². The van der Waals surface area contributed by atoms with Crippen molar-refractivity contribution in [2.45, 2.75) is 6.18 Å². The summed E-state index contributed by atoms with van der Waals surface area (Å²) in [4.78, 5) is 12.9. The molecule has 1 aromatic rings. The Morgan fingerprint density at radius 1 is 1.10 bits per heavy atom. The van der Waals surface area contributed by atoms with Crippen molar-refractivity contribution in [1.29, 1.82) is 0 Å². The monoisotopic (exact) mass is 292 g/mol. The van der Waals surface area contributed by atoms with Crippen molar-refractivity contribution in [3.8, 4) is 0 Å².